The van der Waals surface area contributed by atoms with Crippen molar-refractivity contribution in [3.05, 3.63) is 52.2 Å². The molecule has 3 aromatic rings. The molecule has 0 spiro atoms. The molecule has 0 unspecified atom stereocenters. The SMILES string of the molecule is C=CC(=O)N1CCN2c3nc(=O)n([C@@H]4CCOCC4(C)C)c4nc(-c5c(O)cccc5F)c(Cl)c(c34)OC[C@H]2C1. The molecular formula is C28H29ClFN5O5. The summed E-state index contributed by atoms with van der Waals surface area (Å²) in [6, 6.07) is 3.26. The fourth-order valence-corrected chi connectivity index (χ4v) is 6.30. The number of carbonyl (C=O) groups excluding carboxylic acids is 1. The van der Waals surface area contributed by atoms with Crippen molar-refractivity contribution in [2.24, 2.45) is 5.41 Å². The highest BCUT2D eigenvalue weighted by molar-refractivity contribution is 6.36. The molecule has 10 nitrogen and oxygen atoms in total. The van der Waals surface area contributed by atoms with Crippen LogP contribution >= 0.6 is 11.6 Å². The van der Waals surface area contributed by atoms with E-state index in [1.165, 1.54) is 28.8 Å². The third-order valence-corrected chi connectivity index (χ3v) is 8.40. The number of benzene rings is 1. The Bertz CT molecular complexity index is 1590. The number of piperazine rings is 1. The number of carbonyl (C=O) groups is 1. The van der Waals surface area contributed by atoms with Crippen LogP contribution in [-0.2, 0) is 9.53 Å². The van der Waals surface area contributed by atoms with Gasteiger partial charge in [0.2, 0.25) is 5.91 Å². The molecule has 40 heavy (non-hydrogen) atoms. The van der Waals surface area contributed by atoms with Gasteiger partial charge in [-0.1, -0.05) is 38.1 Å². The van der Waals surface area contributed by atoms with Gasteiger partial charge in [0.25, 0.3) is 0 Å². The molecule has 12 heteroatoms. The molecule has 0 radical (unpaired) electrons. The minimum atomic E-state index is -0.722. The van der Waals surface area contributed by atoms with E-state index in [1.807, 2.05) is 18.7 Å². The van der Waals surface area contributed by atoms with Crippen LogP contribution in [0.25, 0.3) is 22.3 Å². The van der Waals surface area contributed by atoms with Crippen LogP contribution in [0.2, 0.25) is 5.02 Å². The van der Waals surface area contributed by atoms with E-state index in [9.17, 15) is 14.7 Å². The third kappa shape index (κ3) is 4.10. The highest BCUT2D eigenvalue weighted by Gasteiger charge is 2.41. The van der Waals surface area contributed by atoms with Gasteiger partial charge in [-0.05, 0) is 24.6 Å². The van der Waals surface area contributed by atoms with Gasteiger partial charge >= 0.3 is 5.69 Å². The molecule has 2 saturated heterocycles. The molecule has 5 heterocycles. The number of hydrogen-bond donors (Lipinski definition) is 1. The van der Waals surface area contributed by atoms with Crippen LogP contribution in [0.4, 0.5) is 10.2 Å². The van der Waals surface area contributed by atoms with Gasteiger partial charge in [-0.3, -0.25) is 9.36 Å². The minimum absolute atomic E-state index is 0.00809. The number of amides is 1. The van der Waals surface area contributed by atoms with Gasteiger partial charge in [-0.15, -0.1) is 0 Å². The summed E-state index contributed by atoms with van der Waals surface area (Å²) in [5.74, 6) is -0.724. The number of hydrogen-bond acceptors (Lipinski definition) is 8. The topological polar surface area (TPSA) is 110 Å². The van der Waals surface area contributed by atoms with E-state index < -0.39 is 16.9 Å². The van der Waals surface area contributed by atoms with Gasteiger partial charge in [0.1, 0.15) is 40.1 Å². The molecule has 2 aromatic heterocycles. The van der Waals surface area contributed by atoms with Gasteiger partial charge in [-0.25, -0.2) is 14.2 Å². The highest BCUT2D eigenvalue weighted by Crippen LogP contribution is 2.48. The summed E-state index contributed by atoms with van der Waals surface area (Å²) in [5.41, 5.74) is -0.962. The van der Waals surface area contributed by atoms with Crippen LogP contribution in [0.3, 0.4) is 0 Å². The van der Waals surface area contributed by atoms with E-state index in [4.69, 9.17) is 26.1 Å². The molecule has 0 saturated carbocycles. The number of aromatic nitrogens is 3. The van der Waals surface area contributed by atoms with Gasteiger partial charge in [0.15, 0.2) is 11.4 Å². The van der Waals surface area contributed by atoms with Crippen molar-refractivity contribution in [2.45, 2.75) is 32.4 Å². The van der Waals surface area contributed by atoms with Crippen LogP contribution in [-0.4, -0.2) is 75.9 Å². The largest absolute Gasteiger partial charge is 0.507 e. The van der Waals surface area contributed by atoms with Crippen molar-refractivity contribution in [3.63, 3.8) is 0 Å². The lowest BCUT2D eigenvalue weighted by molar-refractivity contribution is -0.126. The molecule has 6 rings (SSSR count). The summed E-state index contributed by atoms with van der Waals surface area (Å²) >= 11 is 6.88. The first kappa shape index (κ1) is 26.5. The molecule has 1 amide bonds. The summed E-state index contributed by atoms with van der Waals surface area (Å²) in [7, 11) is 0. The molecular weight excluding hydrogens is 541 g/mol. The summed E-state index contributed by atoms with van der Waals surface area (Å²) < 4.78 is 28.7. The Hall–Kier alpha value is -3.70. The lowest BCUT2D eigenvalue weighted by Gasteiger charge is -2.41. The predicted molar refractivity (Wildman–Crippen MR) is 148 cm³/mol. The van der Waals surface area contributed by atoms with Gasteiger partial charge in [-0.2, -0.15) is 4.98 Å². The number of nitrogens with zero attached hydrogens (tertiary/aromatic N) is 5. The number of fused-ring (bicyclic) bond motifs is 2. The first-order valence-corrected chi connectivity index (χ1v) is 13.5. The Morgan fingerprint density at radius 2 is 2.10 bits per heavy atom. The molecule has 2 fully saturated rings. The van der Waals surface area contributed by atoms with Crippen molar-refractivity contribution in [1.29, 1.82) is 0 Å². The maximum absolute atomic E-state index is 15.1. The predicted octanol–water partition coefficient (Wildman–Crippen LogP) is 3.54. The van der Waals surface area contributed by atoms with Crippen molar-refractivity contribution < 1.29 is 23.8 Å². The quantitative estimate of drug-likeness (QED) is 0.477. The number of phenolic OH excluding ortho intramolecular Hbond substituents is 1. The molecule has 0 aliphatic carbocycles. The monoisotopic (exact) mass is 569 g/mol. The van der Waals surface area contributed by atoms with E-state index in [0.717, 1.165) is 0 Å². The van der Waals surface area contributed by atoms with Gasteiger partial charge in [0, 0.05) is 37.7 Å². The Morgan fingerprint density at radius 3 is 2.83 bits per heavy atom. The molecule has 2 atom stereocenters. The van der Waals surface area contributed by atoms with Gasteiger partial charge < -0.3 is 24.4 Å². The van der Waals surface area contributed by atoms with E-state index in [1.54, 1.807) is 4.90 Å². The summed E-state index contributed by atoms with van der Waals surface area (Å²) in [6.07, 6.45) is 1.80. The minimum Gasteiger partial charge on any atom is -0.507 e. The Labute approximate surface area is 234 Å². The zero-order valence-corrected chi connectivity index (χ0v) is 22.9. The van der Waals surface area contributed by atoms with Crippen molar-refractivity contribution in [2.75, 3.05) is 44.4 Å². The highest BCUT2D eigenvalue weighted by atomic mass is 35.5. The molecule has 1 aromatic carbocycles. The molecule has 3 aliphatic rings. The third-order valence-electron chi connectivity index (χ3n) is 8.05. The Morgan fingerprint density at radius 1 is 1.30 bits per heavy atom. The summed E-state index contributed by atoms with van der Waals surface area (Å²) in [4.78, 5) is 39.2. The van der Waals surface area contributed by atoms with Crippen LogP contribution < -0.4 is 15.3 Å². The van der Waals surface area contributed by atoms with E-state index in [2.05, 4.69) is 11.6 Å². The maximum Gasteiger partial charge on any atom is 0.351 e. The zero-order valence-electron chi connectivity index (χ0n) is 22.2. The number of phenols is 1. The number of pyridine rings is 1. The number of halogens is 2. The number of ether oxygens (including phenoxy) is 2. The second-order valence-electron chi connectivity index (χ2n) is 11.0. The molecule has 210 valence electrons. The van der Waals surface area contributed by atoms with Crippen molar-refractivity contribution in [1.82, 2.24) is 19.4 Å². The molecule has 3 aliphatic heterocycles. The van der Waals surface area contributed by atoms with E-state index >= 15 is 4.39 Å². The fourth-order valence-electron chi connectivity index (χ4n) is 6.01. The van der Waals surface area contributed by atoms with Gasteiger partial charge in [0.05, 0.1) is 18.2 Å². The van der Waals surface area contributed by atoms with Crippen LogP contribution in [0.5, 0.6) is 11.5 Å². The van der Waals surface area contributed by atoms with E-state index in [0.29, 0.717) is 50.5 Å². The smallest absolute Gasteiger partial charge is 0.351 e. The Balaban J connectivity index is 1.65. The average Bonchev–Trinajstić information content (AvgIpc) is 3.08. The Kier molecular flexibility index (Phi) is 6.46. The second-order valence-corrected chi connectivity index (χ2v) is 11.4. The summed E-state index contributed by atoms with van der Waals surface area (Å²) in [5, 5.41) is 11.0. The zero-order chi connectivity index (χ0) is 28.3. The van der Waals surface area contributed by atoms with Crippen LogP contribution in [0, 0.1) is 11.2 Å². The summed E-state index contributed by atoms with van der Waals surface area (Å²) in [6.45, 7) is 9.71. The number of anilines is 1. The lowest BCUT2D eigenvalue weighted by atomic mass is 9.81. The standard InChI is InChI=1S/C28H29ClFN5O5/c1-4-19(37)33-9-10-34-15(12-33)13-40-24-21-25(34)32-27(38)35(18-8-11-39-14-28(18,2)3)26(21)31-23(22(24)29)20-16(30)6-5-7-17(20)36/h4-7,15,18,36H,1,8-14H2,2-3H3/t15-,18-/m1/s1. The second kappa shape index (κ2) is 9.74. The molecule has 0 bridgehead atoms. The van der Waals surface area contributed by atoms with Crippen molar-refractivity contribution >= 4 is 34.4 Å². The molecule has 1 N–H and O–H groups in total. The average molecular weight is 570 g/mol. The lowest BCUT2D eigenvalue weighted by Crippen LogP contribution is -2.57. The normalized spacial score (nSPS) is 21.9. The first-order valence-electron chi connectivity index (χ1n) is 13.1. The van der Waals surface area contributed by atoms with Crippen LogP contribution in [0.15, 0.2) is 35.6 Å². The van der Waals surface area contributed by atoms with Crippen LogP contribution in [0.1, 0.15) is 26.3 Å². The first-order chi connectivity index (χ1) is 19.1. The van der Waals surface area contributed by atoms with E-state index in [-0.39, 0.29) is 58.0 Å². The maximum atomic E-state index is 15.1. The fraction of sp³-hybridized carbons (Fsp3) is 0.429. The number of aromatic hydroxyl groups is 1. The van der Waals surface area contributed by atoms with Crippen molar-refractivity contribution in [3.8, 4) is 22.8 Å². The number of rotatable bonds is 3.